The topological polar surface area (TPSA) is 3.24 Å². The highest BCUT2D eigenvalue weighted by atomic mass is 15.1. The lowest BCUT2D eigenvalue weighted by Crippen LogP contribution is -2.28. The van der Waals surface area contributed by atoms with Crippen molar-refractivity contribution in [3.05, 3.63) is 23.3 Å². The van der Waals surface area contributed by atoms with Crippen LogP contribution >= 0.6 is 0 Å². The van der Waals surface area contributed by atoms with Crippen LogP contribution in [0.15, 0.2) is 23.3 Å². The van der Waals surface area contributed by atoms with Gasteiger partial charge in [-0.1, -0.05) is 19.1 Å². The van der Waals surface area contributed by atoms with Gasteiger partial charge in [0.05, 0.1) is 0 Å². The van der Waals surface area contributed by atoms with E-state index in [1.165, 1.54) is 51.7 Å². The number of hydrogen-bond donors (Lipinski definition) is 0. The van der Waals surface area contributed by atoms with Gasteiger partial charge in [-0.25, -0.2) is 0 Å². The van der Waals surface area contributed by atoms with Crippen LogP contribution in [0, 0.1) is 0 Å². The predicted octanol–water partition coefficient (Wildman–Crippen LogP) is 3.14. The summed E-state index contributed by atoms with van der Waals surface area (Å²) < 4.78 is 0. The van der Waals surface area contributed by atoms with E-state index in [0.29, 0.717) is 0 Å². The molecule has 0 bridgehead atoms. The number of allylic oxidation sites excluding steroid dienone is 2. The summed E-state index contributed by atoms with van der Waals surface area (Å²) >= 11 is 0. The fraction of sp³-hybridized carbons (Fsp3) is 0.692. The number of hydrogen-bond acceptors (Lipinski definition) is 1. The molecule has 0 radical (unpaired) electrons. The van der Waals surface area contributed by atoms with E-state index < -0.39 is 0 Å². The first-order valence-electron chi connectivity index (χ1n) is 6.01. The highest BCUT2D eigenvalue weighted by Gasteiger charge is 2.14. The smallest absolute Gasteiger partial charge is 0.0169 e. The van der Waals surface area contributed by atoms with Gasteiger partial charge in [0.2, 0.25) is 0 Å². The van der Waals surface area contributed by atoms with Gasteiger partial charge in [-0.2, -0.15) is 0 Å². The standard InChI is InChI=1S/C13H21N/c1-2-14-10-8-13(9-11-14)12-6-4-3-5-7-12/h6,8H,2-5,7,9-11H2,1H3. The van der Waals surface area contributed by atoms with Crippen LogP contribution in [0.3, 0.4) is 0 Å². The van der Waals surface area contributed by atoms with Gasteiger partial charge in [-0.15, -0.1) is 0 Å². The van der Waals surface area contributed by atoms with E-state index in [2.05, 4.69) is 24.0 Å². The Bertz CT molecular complexity index is 250. The molecule has 0 fully saturated rings. The Morgan fingerprint density at radius 1 is 1.14 bits per heavy atom. The summed E-state index contributed by atoms with van der Waals surface area (Å²) in [4.78, 5) is 2.51. The predicted molar refractivity (Wildman–Crippen MR) is 61.4 cm³/mol. The first-order chi connectivity index (χ1) is 6.90. The fourth-order valence-electron chi connectivity index (χ4n) is 2.42. The maximum absolute atomic E-state index is 2.51. The summed E-state index contributed by atoms with van der Waals surface area (Å²) in [7, 11) is 0. The summed E-state index contributed by atoms with van der Waals surface area (Å²) in [6.45, 7) is 5.88. The third-order valence-corrected chi connectivity index (χ3v) is 3.44. The van der Waals surface area contributed by atoms with Crippen LogP contribution in [0.5, 0.6) is 0 Å². The van der Waals surface area contributed by atoms with E-state index in [4.69, 9.17) is 0 Å². The largest absolute Gasteiger partial charge is 0.300 e. The molecular formula is C13H21N. The second-order valence-electron chi connectivity index (χ2n) is 4.35. The van der Waals surface area contributed by atoms with Gasteiger partial charge in [0.25, 0.3) is 0 Å². The lowest BCUT2D eigenvalue weighted by molar-refractivity contribution is 0.310. The van der Waals surface area contributed by atoms with Gasteiger partial charge in [0.1, 0.15) is 0 Å². The molecule has 2 rings (SSSR count). The van der Waals surface area contributed by atoms with E-state index in [1.807, 2.05) is 0 Å². The van der Waals surface area contributed by atoms with E-state index in [0.717, 1.165) is 0 Å². The van der Waals surface area contributed by atoms with Crippen molar-refractivity contribution in [2.75, 3.05) is 19.6 Å². The second-order valence-corrected chi connectivity index (χ2v) is 4.35. The summed E-state index contributed by atoms with van der Waals surface area (Å²) in [5.41, 5.74) is 3.31. The third kappa shape index (κ3) is 2.27. The van der Waals surface area contributed by atoms with Crippen LogP contribution in [0.4, 0.5) is 0 Å². The summed E-state index contributed by atoms with van der Waals surface area (Å²) in [6.07, 6.45) is 11.6. The molecule has 0 saturated carbocycles. The van der Waals surface area contributed by atoms with Crippen molar-refractivity contribution >= 4 is 0 Å². The quantitative estimate of drug-likeness (QED) is 0.648. The molecule has 1 heteroatoms. The van der Waals surface area contributed by atoms with Crippen LogP contribution in [-0.4, -0.2) is 24.5 Å². The number of rotatable bonds is 2. The highest BCUT2D eigenvalue weighted by molar-refractivity contribution is 5.33. The summed E-state index contributed by atoms with van der Waals surface area (Å²) in [5.74, 6) is 0. The zero-order valence-corrected chi connectivity index (χ0v) is 9.26. The van der Waals surface area contributed by atoms with Crippen LogP contribution < -0.4 is 0 Å². The molecule has 0 unspecified atom stereocenters. The molecule has 1 nitrogen and oxygen atoms in total. The second kappa shape index (κ2) is 4.79. The first kappa shape index (κ1) is 9.97. The van der Waals surface area contributed by atoms with Gasteiger partial charge < -0.3 is 0 Å². The monoisotopic (exact) mass is 191 g/mol. The Hall–Kier alpha value is -0.560. The molecule has 1 aliphatic carbocycles. The molecule has 0 aromatic rings. The third-order valence-electron chi connectivity index (χ3n) is 3.44. The Morgan fingerprint density at radius 3 is 2.57 bits per heavy atom. The zero-order valence-electron chi connectivity index (χ0n) is 9.26. The molecule has 0 saturated heterocycles. The molecule has 1 heterocycles. The van der Waals surface area contributed by atoms with Crippen molar-refractivity contribution in [2.45, 2.75) is 39.0 Å². The lowest BCUT2D eigenvalue weighted by atomic mass is 9.90. The molecule has 0 aromatic heterocycles. The Kier molecular flexibility index (Phi) is 3.41. The minimum Gasteiger partial charge on any atom is -0.300 e. The van der Waals surface area contributed by atoms with E-state index in [1.54, 1.807) is 11.1 Å². The van der Waals surface area contributed by atoms with Crippen molar-refractivity contribution in [3.8, 4) is 0 Å². The van der Waals surface area contributed by atoms with Crippen molar-refractivity contribution < 1.29 is 0 Å². The molecule has 0 spiro atoms. The van der Waals surface area contributed by atoms with Crippen LogP contribution in [-0.2, 0) is 0 Å². The SMILES string of the molecule is CCN1CC=C(C2=CCCCC2)CC1. The van der Waals surface area contributed by atoms with Crippen molar-refractivity contribution in [1.82, 2.24) is 4.90 Å². The van der Waals surface area contributed by atoms with Crippen molar-refractivity contribution in [3.63, 3.8) is 0 Å². The normalized spacial score (nSPS) is 24.4. The molecule has 0 amide bonds. The number of likely N-dealkylation sites (N-methyl/N-ethyl adjacent to an activating group) is 1. The molecule has 78 valence electrons. The Labute approximate surface area is 87.5 Å². The molecular weight excluding hydrogens is 170 g/mol. The van der Waals surface area contributed by atoms with Crippen LogP contribution in [0.25, 0.3) is 0 Å². The highest BCUT2D eigenvalue weighted by Crippen LogP contribution is 2.27. The number of nitrogens with zero attached hydrogens (tertiary/aromatic N) is 1. The van der Waals surface area contributed by atoms with Gasteiger partial charge >= 0.3 is 0 Å². The maximum Gasteiger partial charge on any atom is 0.0169 e. The Morgan fingerprint density at radius 2 is 2.00 bits per heavy atom. The minimum atomic E-state index is 1.17. The molecule has 2 aliphatic rings. The molecule has 1 aliphatic heterocycles. The van der Waals surface area contributed by atoms with E-state index in [-0.39, 0.29) is 0 Å². The van der Waals surface area contributed by atoms with Crippen molar-refractivity contribution in [1.29, 1.82) is 0 Å². The molecule has 0 N–H and O–H groups in total. The summed E-state index contributed by atoms with van der Waals surface area (Å²) in [6, 6.07) is 0. The van der Waals surface area contributed by atoms with Crippen molar-refractivity contribution in [2.24, 2.45) is 0 Å². The zero-order chi connectivity index (χ0) is 9.80. The van der Waals surface area contributed by atoms with Crippen LogP contribution in [0.2, 0.25) is 0 Å². The Balaban J connectivity index is 1.98. The fourth-order valence-corrected chi connectivity index (χ4v) is 2.42. The molecule has 14 heavy (non-hydrogen) atoms. The van der Waals surface area contributed by atoms with Gasteiger partial charge in [0, 0.05) is 13.1 Å². The van der Waals surface area contributed by atoms with Gasteiger partial charge in [-0.05, 0) is 49.8 Å². The maximum atomic E-state index is 2.51. The van der Waals surface area contributed by atoms with Gasteiger partial charge in [-0.3, -0.25) is 4.90 Å². The molecule has 0 atom stereocenters. The van der Waals surface area contributed by atoms with E-state index in [9.17, 15) is 0 Å². The average molecular weight is 191 g/mol. The van der Waals surface area contributed by atoms with Gasteiger partial charge in [0.15, 0.2) is 0 Å². The first-order valence-corrected chi connectivity index (χ1v) is 6.01. The average Bonchev–Trinajstić information content (AvgIpc) is 2.30. The van der Waals surface area contributed by atoms with E-state index >= 15 is 0 Å². The lowest BCUT2D eigenvalue weighted by Gasteiger charge is -2.27. The summed E-state index contributed by atoms with van der Waals surface area (Å²) in [5, 5.41) is 0. The molecule has 0 aromatic carbocycles. The minimum absolute atomic E-state index is 1.17. The van der Waals surface area contributed by atoms with Crippen LogP contribution in [0.1, 0.15) is 39.0 Å².